The lowest BCUT2D eigenvalue weighted by Gasteiger charge is -2.35. The first-order chi connectivity index (χ1) is 18.0. The van der Waals surface area contributed by atoms with Gasteiger partial charge in [0, 0.05) is 18.1 Å². The predicted molar refractivity (Wildman–Crippen MR) is 141 cm³/mol. The maximum atomic E-state index is 12.1. The van der Waals surface area contributed by atoms with Crippen LogP contribution >= 0.6 is 0 Å². The fourth-order valence-electron chi connectivity index (χ4n) is 5.37. The minimum absolute atomic E-state index is 0.414. The van der Waals surface area contributed by atoms with Crippen LogP contribution < -0.4 is 14.2 Å². The molecule has 182 valence electrons. The predicted octanol–water partition coefficient (Wildman–Crippen LogP) is 5.79. The lowest BCUT2D eigenvalue weighted by Crippen LogP contribution is -2.30. The number of terminal acetylenes is 1. The van der Waals surface area contributed by atoms with Crippen LogP contribution in [-0.2, 0) is 10.2 Å². The zero-order valence-corrected chi connectivity index (χ0v) is 20.7. The van der Waals surface area contributed by atoms with Crippen molar-refractivity contribution in [2.75, 3.05) is 14.2 Å². The molecule has 0 aromatic heterocycles. The fourth-order valence-corrected chi connectivity index (χ4v) is 5.37. The molecule has 0 bridgehead atoms. The van der Waals surface area contributed by atoms with Crippen LogP contribution in [0.1, 0.15) is 45.1 Å². The molecule has 0 fully saturated rings. The van der Waals surface area contributed by atoms with Crippen molar-refractivity contribution in [2.24, 2.45) is 0 Å². The zero-order chi connectivity index (χ0) is 26.2. The smallest absolute Gasteiger partial charge is 0.308 e. The minimum atomic E-state index is -0.917. The molecule has 4 aromatic rings. The third kappa shape index (κ3) is 3.66. The maximum Gasteiger partial charge on any atom is 0.308 e. The van der Waals surface area contributed by atoms with Crippen LogP contribution in [0.25, 0.3) is 11.1 Å². The molecule has 0 spiro atoms. The van der Waals surface area contributed by atoms with E-state index in [-0.39, 0.29) is 0 Å². The van der Waals surface area contributed by atoms with Crippen LogP contribution in [-0.4, -0.2) is 26.5 Å². The van der Waals surface area contributed by atoms with Crippen molar-refractivity contribution in [2.45, 2.75) is 12.3 Å². The first-order valence-electron chi connectivity index (χ1n) is 11.7. The molecular formula is C32H24O5. The van der Waals surface area contributed by atoms with Gasteiger partial charge in [-0.25, -0.2) is 0 Å². The molecule has 5 rings (SSSR count). The highest BCUT2D eigenvalue weighted by Gasteiger charge is 2.48. The van der Waals surface area contributed by atoms with Gasteiger partial charge in [-0.05, 0) is 75.8 Å². The lowest BCUT2D eigenvalue weighted by atomic mass is 9.66. The standard InChI is InChI=1S/C32H24O5/c1-5-27-21(19-33)6-16-29-28-17-15-26(37-20(2)34)18-30(28)32(31(27)29,22-7-11-24(35-3)12-8-22)23-9-13-25(36-4)14-10-23/h1,6-19H,2-4H3. The summed E-state index contributed by atoms with van der Waals surface area (Å²) in [5.41, 5.74) is 5.42. The molecule has 0 saturated heterocycles. The van der Waals surface area contributed by atoms with Gasteiger partial charge in [0.05, 0.1) is 19.6 Å². The monoisotopic (exact) mass is 488 g/mol. The summed E-state index contributed by atoms with van der Waals surface area (Å²) in [6, 6.07) is 24.8. The molecule has 0 heterocycles. The molecule has 0 N–H and O–H groups in total. The van der Waals surface area contributed by atoms with E-state index in [1.165, 1.54) is 6.92 Å². The Bertz CT molecular complexity index is 1510. The van der Waals surface area contributed by atoms with Gasteiger partial charge < -0.3 is 14.2 Å². The second-order valence-electron chi connectivity index (χ2n) is 8.72. The second-order valence-corrected chi connectivity index (χ2v) is 8.72. The van der Waals surface area contributed by atoms with E-state index >= 15 is 0 Å². The number of esters is 1. The van der Waals surface area contributed by atoms with E-state index in [0.29, 0.717) is 28.4 Å². The summed E-state index contributed by atoms with van der Waals surface area (Å²) in [7, 11) is 3.24. The third-order valence-corrected chi connectivity index (χ3v) is 6.88. The van der Waals surface area contributed by atoms with E-state index in [1.54, 1.807) is 26.4 Å². The van der Waals surface area contributed by atoms with E-state index in [9.17, 15) is 9.59 Å². The third-order valence-electron chi connectivity index (χ3n) is 6.88. The number of benzene rings is 4. The van der Waals surface area contributed by atoms with Gasteiger partial charge in [0.2, 0.25) is 0 Å². The highest BCUT2D eigenvalue weighted by atomic mass is 16.5. The SMILES string of the molecule is C#Cc1c(C=O)ccc2c1C(c1ccc(OC)cc1)(c1ccc(OC)cc1)c1cc(OC(C)=O)ccc1-2. The molecule has 1 aliphatic carbocycles. The molecule has 0 amide bonds. The van der Waals surface area contributed by atoms with Crippen LogP contribution in [0.5, 0.6) is 17.2 Å². The van der Waals surface area contributed by atoms with Crippen molar-refractivity contribution in [3.8, 4) is 40.7 Å². The Labute approximate surface area is 215 Å². The largest absolute Gasteiger partial charge is 0.497 e. The number of aldehydes is 1. The van der Waals surface area contributed by atoms with Crippen molar-refractivity contribution >= 4 is 12.3 Å². The van der Waals surface area contributed by atoms with Crippen molar-refractivity contribution in [3.05, 3.63) is 112 Å². The van der Waals surface area contributed by atoms with Gasteiger partial charge in [0.1, 0.15) is 17.2 Å². The molecule has 5 heteroatoms. The average molecular weight is 489 g/mol. The Morgan fingerprint density at radius 1 is 0.811 bits per heavy atom. The first kappa shape index (κ1) is 23.9. The van der Waals surface area contributed by atoms with Gasteiger partial charge in [-0.15, -0.1) is 6.42 Å². The number of rotatable bonds is 6. The van der Waals surface area contributed by atoms with Crippen LogP contribution in [0, 0.1) is 12.3 Å². The second kappa shape index (κ2) is 9.33. The Balaban J connectivity index is 1.97. The highest BCUT2D eigenvalue weighted by Crippen LogP contribution is 2.58. The number of methoxy groups -OCH3 is 2. The summed E-state index contributed by atoms with van der Waals surface area (Å²) < 4.78 is 16.4. The number of carbonyl (C=O) groups is 2. The molecule has 5 nitrogen and oxygen atoms in total. The Kier molecular flexibility index (Phi) is 6.02. The summed E-state index contributed by atoms with van der Waals surface area (Å²) in [6.45, 7) is 1.37. The summed E-state index contributed by atoms with van der Waals surface area (Å²) in [4.78, 5) is 23.9. The van der Waals surface area contributed by atoms with E-state index in [4.69, 9.17) is 20.6 Å². The lowest BCUT2D eigenvalue weighted by molar-refractivity contribution is -0.131. The van der Waals surface area contributed by atoms with E-state index in [0.717, 1.165) is 39.7 Å². The van der Waals surface area contributed by atoms with E-state index in [1.807, 2.05) is 66.7 Å². The average Bonchev–Trinajstić information content (AvgIpc) is 3.22. The molecule has 0 radical (unpaired) electrons. The number of fused-ring (bicyclic) bond motifs is 3. The first-order valence-corrected chi connectivity index (χ1v) is 11.7. The maximum absolute atomic E-state index is 12.1. The number of hydrogen-bond acceptors (Lipinski definition) is 5. The zero-order valence-electron chi connectivity index (χ0n) is 20.7. The van der Waals surface area contributed by atoms with Gasteiger partial charge in [-0.3, -0.25) is 9.59 Å². The quantitative estimate of drug-likeness (QED) is 0.131. The molecular weight excluding hydrogens is 464 g/mol. The van der Waals surface area contributed by atoms with E-state index < -0.39 is 11.4 Å². The van der Waals surface area contributed by atoms with Crippen LogP contribution in [0.15, 0.2) is 78.9 Å². The van der Waals surface area contributed by atoms with Crippen molar-refractivity contribution in [1.82, 2.24) is 0 Å². The Morgan fingerprint density at radius 2 is 1.35 bits per heavy atom. The topological polar surface area (TPSA) is 61.8 Å². The highest BCUT2D eigenvalue weighted by molar-refractivity contribution is 5.93. The van der Waals surface area contributed by atoms with Crippen LogP contribution in [0.2, 0.25) is 0 Å². The van der Waals surface area contributed by atoms with Crippen molar-refractivity contribution in [1.29, 1.82) is 0 Å². The molecule has 0 atom stereocenters. The Morgan fingerprint density at radius 3 is 1.84 bits per heavy atom. The van der Waals surface area contributed by atoms with Crippen molar-refractivity contribution in [3.63, 3.8) is 0 Å². The molecule has 37 heavy (non-hydrogen) atoms. The van der Waals surface area contributed by atoms with E-state index in [2.05, 4.69) is 5.92 Å². The molecule has 0 unspecified atom stereocenters. The van der Waals surface area contributed by atoms with Gasteiger partial charge >= 0.3 is 5.97 Å². The molecule has 0 aliphatic heterocycles. The van der Waals surface area contributed by atoms with Crippen LogP contribution in [0.3, 0.4) is 0 Å². The van der Waals surface area contributed by atoms with Gasteiger partial charge in [0.25, 0.3) is 0 Å². The Hall–Kier alpha value is -4.82. The minimum Gasteiger partial charge on any atom is -0.497 e. The van der Waals surface area contributed by atoms with Crippen LogP contribution in [0.4, 0.5) is 0 Å². The normalized spacial score (nSPS) is 12.6. The molecule has 1 aliphatic rings. The summed E-state index contributed by atoms with van der Waals surface area (Å²) >= 11 is 0. The van der Waals surface area contributed by atoms with Gasteiger partial charge in [-0.1, -0.05) is 42.3 Å². The summed E-state index contributed by atoms with van der Waals surface area (Å²) in [5, 5.41) is 0. The number of hydrogen-bond donors (Lipinski definition) is 0. The number of ether oxygens (including phenoxy) is 3. The fraction of sp³-hybridized carbons (Fsp3) is 0.125. The molecule has 4 aromatic carbocycles. The van der Waals surface area contributed by atoms with Gasteiger partial charge in [0.15, 0.2) is 6.29 Å². The van der Waals surface area contributed by atoms with Crippen molar-refractivity contribution < 1.29 is 23.8 Å². The molecule has 0 saturated carbocycles. The summed E-state index contributed by atoms with van der Waals surface area (Å²) in [6.07, 6.45) is 6.87. The summed E-state index contributed by atoms with van der Waals surface area (Å²) in [5.74, 6) is 4.22. The number of carbonyl (C=O) groups excluding carboxylic acids is 2. The van der Waals surface area contributed by atoms with Gasteiger partial charge in [-0.2, -0.15) is 0 Å².